The van der Waals surface area contributed by atoms with Gasteiger partial charge in [0, 0.05) is 24.1 Å². The molecule has 0 atom stereocenters. The number of carbonyl (C=O) groups excluding carboxylic acids is 2. The predicted molar refractivity (Wildman–Crippen MR) is 95.5 cm³/mol. The van der Waals surface area contributed by atoms with Crippen LogP contribution in [0.4, 0.5) is 10.8 Å². The molecule has 0 bridgehead atoms. The third kappa shape index (κ3) is 5.06. The monoisotopic (exact) mass is 378 g/mol. The lowest BCUT2D eigenvalue weighted by Gasteiger charge is -2.04. The molecule has 0 aliphatic carbocycles. The molecule has 0 saturated carbocycles. The molecule has 10 heteroatoms. The van der Waals surface area contributed by atoms with Crippen LogP contribution in [0.1, 0.15) is 51.9 Å². The maximum Gasteiger partial charge on any atom is 0.338 e. The van der Waals surface area contributed by atoms with Gasteiger partial charge in [0.1, 0.15) is 5.01 Å². The molecule has 1 N–H and O–H groups in total. The van der Waals surface area contributed by atoms with Gasteiger partial charge in [0.2, 0.25) is 5.13 Å². The minimum absolute atomic E-state index is 0.0395. The zero-order valence-corrected chi connectivity index (χ0v) is 15.2. The van der Waals surface area contributed by atoms with Gasteiger partial charge in [0.25, 0.3) is 11.6 Å². The average Bonchev–Trinajstić information content (AvgIpc) is 3.08. The number of hydrogen-bond acceptors (Lipinski definition) is 8. The van der Waals surface area contributed by atoms with Crippen LogP contribution in [0, 0.1) is 10.1 Å². The number of amides is 1. The van der Waals surface area contributed by atoms with Crippen molar-refractivity contribution >= 4 is 34.0 Å². The molecule has 0 unspecified atom stereocenters. The van der Waals surface area contributed by atoms with Crippen LogP contribution in [0.25, 0.3) is 0 Å². The van der Waals surface area contributed by atoms with Gasteiger partial charge in [-0.1, -0.05) is 31.1 Å². The number of aromatic nitrogens is 2. The van der Waals surface area contributed by atoms with Crippen molar-refractivity contribution in [3.05, 3.63) is 44.4 Å². The number of unbranched alkanes of at least 4 members (excludes halogenated alkanes) is 2. The van der Waals surface area contributed by atoms with Gasteiger partial charge in [-0.2, -0.15) is 0 Å². The molecule has 26 heavy (non-hydrogen) atoms. The molecule has 1 aromatic heterocycles. The van der Waals surface area contributed by atoms with Crippen molar-refractivity contribution in [2.24, 2.45) is 0 Å². The highest BCUT2D eigenvalue weighted by Crippen LogP contribution is 2.21. The topological polar surface area (TPSA) is 124 Å². The Morgan fingerprint density at radius 1 is 1.23 bits per heavy atom. The molecule has 0 fully saturated rings. The van der Waals surface area contributed by atoms with E-state index >= 15 is 0 Å². The van der Waals surface area contributed by atoms with E-state index in [4.69, 9.17) is 0 Å². The summed E-state index contributed by atoms with van der Waals surface area (Å²) in [5.74, 6) is -1.38. The summed E-state index contributed by atoms with van der Waals surface area (Å²) in [4.78, 5) is 34.4. The molecule has 0 radical (unpaired) electrons. The number of methoxy groups -OCH3 is 1. The minimum atomic E-state index is -0.767. The van der Waals surface area contributed by atoms with Gasteiger partial charge in [0.05, 0.1) is 17.6 Å². The fourth-order valence-corrected chi connectivity index (χ4v) is 2.96. The van der Waals surface area contributed by atoms with E-state index in [9.17, 15) is 19.7 Å². The van der Waals surface area contributed by atoms with Crippen LogP contribution in [0.2, 0.25) is 0 Å². The molecular weight excluding hydrogens is 360 g/mol. The summed E-state index contributed by atoms with van der Waals surface area (Å²) < 4.78 is 4.56. The Morgan fingerprint density at radius 3 is 2.62 bits per heavy atom. The third-order valence-corrected chi connectivity index (χ3v) is 4.39. The summed E-state index contributed by atoms with van der Waals surface area (Å²) in [6.45, 7) is 2.10. The highest BCUT2D eigenvalue weighted by atomic mass is 32.1. The summed E-state index contributed by atoms with van der Waals surface area (Å²) >= 11 is 1.25. The van der Waals surface area contributed by atoms with Crippen LogP contribution in [-0.4, -0.2) is 34.1 Å². The Labute approximate surface area is 153 Å². The second-order valence-corrected chi connectivity index (χ2v) is 6.49. The van der Waals surface area contributed by atoms with E-state index in [2.05, 4.69) is 27.2 Å². The van der Waals surface area contributed by atoms with Crippen LogP contribution < -0.4 is 5.32 Å². The molecular formula is C16H18N4O5S. The number of nitrogens with one attached hydrogen (secondary N) is 1. The molecule has 0 aliphatic heterocycles. The largest absolute Gasteiger partial charge is 0.465 e. The molecule has 0 saturated heterocycles. The third-order valence-electron chi connectivity index (χ3n) is 3.49. The van der Waals surface area contributed by atoms with E-state index < -0.39 is 16.8 Å². The quantitative estimate of drug-likeness (QED) is 0.323. The van der Waals surface area contributed by atoms with E-state index in [0.29, 0.717) is 5.13 Å². The molecule has 0 spiro atoms. The predicted octanol–water partition coefficient (Wildman–Crippen LogP) is 3.22. The van der Waals surface area contributed by atoms with Gasteiger partial charge in [-0.3, -0.25) is 20.2 Å². The van der Waals surface area contributed by atoms with Crippen molar-refractivity contribution in [1.29, 1.82) is 0 Å². The highest BCUT2D eigenvalue weighted by Gasteiger charge is 2.19. The number of esters is 1. The molecule has 1 amide bonds. The number of rotatable bonds is 8. The van der Waals surface area contributed by atoms with Crippen molar-refractivity contribution in [2.45, 2.75) is 32.6 Å². The molecule has 0 aliphatic rings. The lowest BCUT2D eigenvalue weighted by Crippen LogP contribution is -2.14. The number of carbonyl (C=O) groups is 2. The lowest BCUT2D eigenvalue weighted by atomic mass is 10.1. The fourth-order valence-electron chi connectivity index (χ4n) is 2.18. The Morgan fingerprint density at radius 2 is 1.96 bits per heavy atom. The Balaban J connectivity index is 2.17. The fraction of sp³-hybridized carbons (Fsp3) is 0.375. The van der Waals surface area contributed by atoms with Gasteiger partial charge in [-0.05, 0) is 12.5 Å². The van der Waals surface area contributed by atoms with E-state index in [1.165, 1.54) is 17.4 Å². The first-order chi connectivity index (χ1) is 12.4. The molecule has 1 heterocycles. The lowest BCUT2D eigenvalue weighted by molar-refractivity contribution is -0.384. The second-order valence-electron chi connectivity index (χ2n) is 5.43. The van der Waals surface area contributed by atoms with Gasteiger partial charge < -0.3 is 4.74 Å². The summed E-state index contributed by atoms with van der Waals surface area (Å²) in [5.41, 5.74) is -0.498. The summed E-state index contributed by atoms with van der Waals surface area (Å²) in [5, 5.41) is 22.6. The average molecular weight is 378 g/mol. The molecule has 9 nitrogen and oxygen atoms in total. The zero-order chi connectivity index (χ0) is 19.1. The first-order valence-corrected chi connectivity index (χ1v) is 8.77. The zero-order valence-electron chi connectivity index (χ0n) is 14.4. The van der Waals surface area contributed by atoms with Gasteiger partial charge >= 0.3 is 5.97 Å². The number of nitro groups is 1. The number of hydrogen-bond donors (Lipinski definition) is 1. The number of ether oxygens (including phenoxy) is 1. The summed E-state index contributed by atoms with van der Waals surface area (Å²) in [6, 6.07) is 3.38. The van der Waals surface area contributed by atoms with Crippen LogP contribution in [0.5, 0.6) is 0 Å². The van der Waals surface area contributed by atoms with Crippen molar-refractivity contribution in [3.8, 4) is 0 Å². The smallest absolute Gasteiger partial charge is 0.338 e. The Hall–Kier alpha value is -2.88. The van der Waals surface area contributed by atoms with Crippen LogP contribution in [0.3, 0.4) is 0 Å². The van der Waals surface area contributed by atoms with E-state index in [1.807, 2.05) is 0 Å². The maximum atomic E-state index is 12.4. The van der Waals surface area contributed by atoms with Gasteiger partial charge in [0.15, 0.2) is 0 Å². The summed E-state index contributed by atoms with van der Waals surface area (Å²) in [7, 11) is 1.15. The van der Waals surface area contributed by atoms with Gasteiger partial charge in [-0.25, -0.2) is 4.79 Å². The number of nitro benzene ring substituents is 1. The Kier molecular flexibility index (Phi) is 6.73. The van der Waals surface area contributed by atoms with Crippen molar-refractivity contribution in [2.75, 3.05) is 12.4 Å². The van der Waals surface area contributed by atoms with Gasteiger partial charge in [-0.15, -0.1) is 10.2 Å². The first kappa shape index (κ1) is 19.4. The SMILES string of the molecule is CCCCCc1nnc(NC(=O)c2cc(C(=O)OC)cc([N+](=O)[O-])c2)s1. The van der Waals surface area contributed by atoms with Crippen LogP contribution in [-0.2, 0) is 11.2 Å². The Bertz CT molecular complexity index is 821. The molecule has 2 rings (SSSR count). The number of nitrogens with zero attached hydrogens (tertiary/aromatic N) is 3. The van der Waals surface area contributed by atoms with Crippen molar-refractivity contribution < 1.29 is 19.2 Å². The normalized spacial score (nSPS) is 10.4. The second kappa shape index (κ2) is 8.99. The molecule has 2 aromatic rings. The maximum absolute atomic E-state index is 12.4. The number of aryl methyl sites for hydroxylation is 1. The van der Waals surface area contributed by atoms with Crippen molar-refractivity contribution in [1.82, 2.24) is 10.2 Å². The first-order valence-electron chi connectivity index (χ1n) is 7.96. The van der Waals surface area contributed by atoms with Crippen LogP contribution >= 0.6 is 11.3 Å². The summed E-state index contributed by atoms with van der Waals surface area (Å²) in [6.07, 6.45) is 3.96. The molecule has 138 valence electrons. The number of anilines is 1. The number of non-ortho nitro benzene ring substituents is 1. The van der Waals surface area contributed by atoms with E-state index in [1.54, 1.807) is 0 Å². The van der Waals surface area contributed by atoms with Crippen molar-refractivity contribution in [3.63, 3.8) is 0 Å². The minimum Gasteiger partial charge on any atom is -0.465 e. The van der Waals surface area contributed by atoms with Crippen LogP contribution in [0.15, 0.2) is 18.2 Å². The standard InChI is InChI=1S/C16H18N4O5S/c1-3-4-5-6-13-18-19-16(26-13)17-14(21)10-7-11(15(22)25-2)9-12(8-10)20(23)24/h7-9H,3-6H2,1-2H3,(H,17,19,21). The number of benzene rings is 1. The highest BCUT2D eigenvalue weighted by molar-refractivity contribution is 7.15. The molecule has 1 aromatic carbocycles. The van der Waals surface area contributed by atoms with E-state index in [0.717, 1.165) is 49.9 Å². The van der Waals surface area contributed by atoms with E-state index in [-0.39, 0.29) is 16.8 Å².